The summed E-state index contributed by atoms with van der Waals surface area (Å²) in [7, 11) is 0. The molecule has 1 aromatic rings. The van der Waals surface area contributed by atoms with Crippen LogP contribution in [0.4, 0.5) is 8.78 Å². The van der Waals surface area contributed by atoms with E-state index in [1.54, 1.807) is 13.8 Å². The van der Waals surface area contributed by atoms with Gasteiger partial charge in [-0.3, -0.25) is 0 Å². The Morgan fingerprint density at radius 2 is 1.76 bits per heavy atom. The Labute approximate surface area is 99.5 Å². The second-order valence-electron chi connectivity index (χ2n) is 3.45. The van der Waals surface area contributed by atoms with Crippen molar-refractivity contribution in [1.29, 1.82) is 0 Å². The Hall–Kier alpha value is -1.04. The van der Waals surface area contributed by atoms with Crippen LogP contribution in [-0.2, 0) is 15.3 Å². The van der Waals surface area contributed by atoms with Crippen LogP contribution in [0.1, 0.15) is 19.4 Å². The van der Waals surface area contributed by atoms with Gasteiger partial charge >= 0.3 is 0 Å². The van der Waals surface area contributed by atoms with Gasteiger partial charge in [-0.2, -0.15) is 0 Å². The fourth-order valence-corrected chi connectivity index (χ4v) is 1.68. The van der Waals surface area contributed by atoms with Crippen LogP contribution in [-0.4, -0.2) is 19.8 Å². The van der Waals surface area contributed by atoms with Crippen LogP contribution in [0.5, 0.6) is 0 Å². The largest absolute Gasteiger partial charge is 0.345 e. The molecule has 0 radical (unpaired) electrons. The van der Waals surface area contributed by atoms with Gasteiger partial charge in [0.1, 0.15) is 11.6 Å². The van der Waals surface area contributed by atoms with E-state index in [-0.39, 0.29) is 25.3 Å². The summed E-state index contributed by atoms with van der Waals surface area (Å²) in [4.78, 5) is 0. The lowest BCUT2D eigenvalue weighted by molar-refractivity contribution is -0.236. The van der Waals surface area contributed by atoms with E-state index < -0.39 is 17.4 Å². The molecule has 0 amide bonds. The quantitative estimate of drug-likeness (QED) is 0.781. The molecule has 0 saturated heterocycles. The van der Waals surface area contributed by atoms with Crippen molar-refractivity contribution in [2.45, 2.75) is 19.6 Å². The lowest BCUT2D eigenvalue weighted by atomic mass is 10.0. The van der Waals surface area contributed by atoms with Crippen LogP contribution in [0.2, 0.25) is 0 Å². The van der Waals surface area contributed by atoms with Gasteiger partial charge < -0.3 is 15.2 Å². The second-order valence-corrected chi connectivity index (χ2v) is 3.45. The van der Waals surface area contributed by atoms with Crippen LogP contribution in [0.3, 0.4) is 0 Å². The number of rotatable bonds is 6. The fourth-order valence-electron chi connectivity index (χ4n) is 1.68. The third kappa shape index (κ3) is 3.00. The van der Waals surface area contributed by atoms with Crippen LogP contribution in [0.25, 0.3) is 0 Å². The van der Waals surface area contributed by atoms with Gasteiger partial charge in [0.2, 0.25) is 5.79 Å². The molecule has 0 aromatic heterocycles. The maximum Gasteiger partial charge on any atom is 0.210 e. The summed E-state index contributed by atoms with van der Waals surface area (Å²) < 4.78 is 37.7. The standard InChI is InChI=1S/C12H17F2NO2/c1-3-16-12(8-15,17-4-2)10-7-9(13)5-6-11(10)14/h5-7H,3-4,8,15H2,1-2H3. The average molecular weight is 245 g/mol. The second kappa shape index (κ2) is 6.05. The highest BCUT2D eigenvalue weighted by molar-refractivity contribution is 5.24. The lowest BCUT2D eigenvalue weighted by Gasteiger charge is -2.32. The molecule has 0 atom stereocenters. The molecule has 1 aromatic carbocycles. The molecule has 0 spiro atoms. The first kappa shape index (κ1) is 14.0. The first-order valence-corrected chi connectivity index (χ1v) is 5.53. The number of halogens is 2. The molecule has 0 aliphatic heterocycles. The van der Waals surface area contributed by atoms with E-state index in [0.29, 0.717) is 0 Å². The Morgan fingerprint density at radius 3 is 2.24 bits per heavy atom. The minimum Gasteiger partial charge on any atom is -0.345 e. The van der Waals surface area contributed by atoms with E-state index >= 15 is 0 Å². The van der Waals surface area contributed by atoms with Gasteiger partial charge in [-0.05, 0) is 32.0 Å². The van der Waals surface area contributed by atoms with E-state index in [9.17, 15) is 8.78 Å². The Bertz CT molecular complexity index is 366. The number of ether oxygens (including phenoxy) is 2. The van der Waals surface area contributed by atoms with Gasteiger partial charge in [0.15, 0.2) is 0 Å². The fraction of sp³-hybridized carbons (Fsp3) is 0.500. The van der Waals surface area contributed by atoms with Gasteiger partial charge in [0, 0.05) is 13.2 Å². The number of nitrogens with two attached hydrogens (primary N) is 1. The molecule has 0 heterocycles. The van der Waals surface area contributed by atoms with Crippen LogP contribution < -0.4 is 5.73 Å². The zero-order valence-electron chi connectivity index (χ0n) is 10.0. The summed E-state index contributed by atoms with van der Waals surface area (Å²) in [5.74, 6) is -2.58. The Morgan fingerprint density at radius 1 is 1.18 bits per heavy atom. The Balaban J connectivity index is 3.23. The van der Waals surface area contributed by atoms with E-state index in [0.717, 1.165) is 18.2 Å². The summed E-state index contributed by atoms with van der Waals surface area (Å²) in [5, 5.41) is 0. The van der Waals surface area contributed by atoms with Gasteiger partial charge in [-0.1, -0.05) is 0 Å². The highest BCUT2D eigenvalue weighted by atomic mass is 19.1. The zero-order valence-corrected chi connectivity index (χ0v) is 10.0. The topological polar surface area (TPSA) is 44.5 Å². The predicted octanol–water partition coefficient (Wildman–Crippen LogP) is 2.15. The minimum absolute atomic E-state index is 0.0105. The van der Waals surface area contributed by atoms with Crippen molar-refractivity contribution in [3.8, 4) is 0 Å². The average Bonchev–Trinajstić information content (AvgIpc) is 2.32. The van der Waals surface area contributed by atoms with Crippen molar-refractivity contribution in [3.05, 3.63) is 35.4 Å². The van der Waals surface area contributed by atoms with Gasteiger partial charge in [-0.25, -0.2) is 8.78 Å². The van der Waals surface area contributed by atoms with Crippen molar-refractivity contribution in [3.63, 3.8) is 0 Å². The summed E-state index contributed by atoms with van der Waals surface area (Å²) in [6.45, 7) is 3.95. The molecule has 0 bridgehead atoms. The van der Waals surface area contributed by atoms with Crippen molar-refractivity contribution >= 4 is 0 Å². The molecule has 0 aliphatic carbocycles. The van der Waals surface area contributed by atoms with Crippen molar-refractivity contribution in [1.82, 2.24) is 0 Å². The first-order valence-electron chi connectivity index (χ1n) is 5.53. The smallest absolute Gasteiger partial charge is 0.210 e. The number of hydrogen-bond acceptors (Lipinski definition) is 3. The maximum atomic E-state index is 13.7. The number of hydrogen-bond donors (Lipinski definition) is 1. The van der Waals surface area contributed by atoms with Crippen molar-refractivity contribution < 1.29 is 18.3 Å². The van der Waals surface area contributed by atoms with Crippen LogP contribution >= 0.6 is 0 Å². The molecule has 1 rings (SSSR count). The normalized spacial score (nSPS) is 11.8. The molecule has 0 saturated carbocycles. The van der Waals surface area contributed by atoms with E-state index in [1.807, 2.05) is 0 Å². The van der Waals surface area contributed by atoms with Crippen molar-refractivity contribution in [2.75, 3.05) is 19.8 Å². The summed E-state index contributed by atoms with van der Waals surface area (Å²) in [6, 6.07) is 3.12. The molecule has 0 unspecified atom stereocenters. The van der Waals surface area contributed by atoms with E-state index in [4.69, 9.17) is 15.2 Å². The third-order valence-corrected chi connectivity index (χ3v) is 2.36. The van der Waals surface area contributed by atoms with Gasteiger partial charge in [0.25, 0.3) is 0 Å². The molecule has 0 fully saturated rings. The molecular weight excluding hydrogens is 228 g/mol. The lowest BCUT2D eigenvalue weighted by Crippen LogP contribution is -2.41. The molecule has 3 nitrogen and oxygen atoms in total. The summed E-state index contributed by atoms with van der Waals surface area (Å²) in [6.07, 6.45) is 0. The van der Waals surface area contributed by atoms with Crippen LogP contribution in [0.15, 0.2) is 18.2 Å². The molecule has 17 heavy (non-hydrogen) atoms. The summed E-state index contributed by atoms with van der Waals surface area (Å²) in [5.41, 5.74) is 5.58. The van der Waals surface area contributed by atoms with Crippen LogP contribution in [0, 0.1) is 11.6 Å². The minimum atomic E-state index is -1.42. The molecule has 5 heteroatoms. The predicted molar refractivity (Wildman–Crippen MR) is 60.3 cm³/mol. The van der Waals surface area contributed by atoms with Gasteiger partial charge in [-0.15, -0.1) is 0 Å². The van der Waals surface area contributed by atoms with E-state index in [2.05, 4.69) is 0 Å². The van der Waals surface area contributed by atoms with Crippen molar-refractivity contribution in [2.24, 2.45) is 5.73 Å². The third-order valence-electron chi connectivity index (χ3n) is 2.36. The monoisotopic (exact) mass is 245 g/mol. The van der Waals surface area contributed by atoms with Gasteiger partial charge in [0.05, 0.1) is 12.1 Å². The molecule has 96 valence electrons. The SMILES string of the molecule is CCOC(CN)(OCC)c1cc(F)ccc1F. The molecule has 2 N–H and O–H groups in total. The maximum absolute atomic E-state index is 13.7. The zero-order chi connectivity index (χ0) is 12.9. The molecular formula is C12H17F2NO2. The van der Waals surface area contributed by atoms with E-state index in [1.165, 1.54) is 0 Å². The number of benzene rings is 1. The Kier molecular flexibility index (Phi) is 4.99. The summed E-state index contributed by atoms with van der Waals surface area (Å²) >= 11 is 0. The molecule has 0 aliphatic rings. The highest BCUT2D eigenvalue weighted by Gasteiger charge is 2.35. The highest BCUT2D eigenvalue weighted by Crippen LogP contribution is 2.29. The first-order chi connectivity index (χ1) is 8.09.